The van der Waals surface area contributed by atoms with E-state index in [-0.39, 0.29) is 24.8 Å². The number of ether oxygens (including phenoxy) is 2. The molecule has 2 rings (SSSR count). The van der Waals surface area contributed by atoms with Crippen molar-refractivity contribution in [3.63, 3.8) is 0 Å². The molecule has 24 heavy (non-hydrogen) atoms. The van der Waals surface area contributed by atoms with Crippen molar-refractivity contribution in [1.82, 2.24) is 5.32 Å². The van der Waals surface area contributed by atoms with E-state index in [9.17, 15) is 4.39 Å². The van der Waals surface area contributed by atoms with Gasteiger partial charge in [-0.15, -0.1) is 19.0 Å². The van der Waals surface area contributed by atoms with Crippen LogP contribution in [0.1, 0.15) is 11.1 Å². The molecule has 0 unspecified atom stereocenters. The van der Waals surface area contributed by atoms with Crippen molar-refractivity contribution < 1.29 is 13.9 Å². The van der Waals surface area contributed by atoms with E-state index in [4.69, 9.17) is 21.1 Å². The number of methoxy groups -OCH3 is 1. The van der Waals surface area contributed by atoms with Crippen molar-refractivity contribution in [2.45, 2.75) is 13.2 Å². The molecule has 0 aliphatic carbocycles. The third kappa shape index (κ3) is 5.41. The highest BCUT2D eigenvalue weighted by molar-refractivity contribution is 6.31. The number of rotatable bonds is 8. The minimum atomic E-state index is -0.370. The molecule has 0 aliphatic rings. The van der Waals surface area contributed by atoms with Gasteiger partial charge in [-0.2, -0.15) is 0 Å². The predicted molar refractivity (Wildman–Crippen MR) is 97.9 cm³/mol. The molecule has 130 valence electrons. The normalized spacial score (nSPS) is 9.96. The highest BCUT2D eigenvalue weighted by atomic mass is 35.5. The molecule has 0 heterocycles. The number of hydrogen-bond acceptors (Lipinski definition) is 3. The van der Waals surface area contributed by atoms with E-state index in [0.29, 0.717) is 35.2 Å². The van der Waals surface area contributed by atoms with Crippen LogP contribution in [0.4, 0.5) is 4.39 Å². The van der Waals surface area contributed by atoms with E-state index in [1.807, 2.05) is 18.2 Å². The summed E-state index contributed by atoms with van der Waals surface area (Å²) >= 11 is 6.04. The van der Waals surface area contributed by atoms with Crippen molar-refractivity contribution in [1.29, 1.82) is 0 Å². The standard InChI is InChI=1S/C18H19ClFNO2.ClH/c1-3-9-21-11-13-5-4-6-17(22-2)18(13)23-12-14-7-8-15(20)10-16(14)19;/h3-8,10,21H,1,9,11-12H2,2H3;1H. The van der Waals surface area contributed by atoms with Crippen molar-refractivity contribution in [3.05, 3.63) is 71.0 Å². The monoisotopic (exact) mass is 371 g/mol. The van der Waals surface area contributed by atoms with E-state index >= 15 is 0 Å². The summed E-state index contributed by atoms with van der Waals surface area (Å²) in [5, 5.41) is 3.57. The maximum atomic E-state index is 13.1. The molecule has 0 saturated carbocycles. The molecule has 0 aromatic heterocycles. The molecule has 0 fully saturated rings. The average Bonchev–Trinajstić information content (AvgIpc) is 2.55. The fraction of sp³-hybridized carbons (Fsp3) is 0.222. The molecule has 3 nitrogen and oxygen atoms in total. The lowest BCUT2D eigenvalue weighted by Gasteiger charge is -2.16. The highest BCUT2D eigenvalue weighted by Gasteiger charge is 2.12. The Morgan fingerprint density at radius 1 is 1.25 bits per heavy atom. The van der Waals surface area contributed by atoms with Crippen molar-refractivity contribution >= 4 is 24.0 Å². The average molecular weight is 372 g/mol. The van der Waals surface area contributed by atoms with Crippen LogP contribution in [-0.2, 0) is 13.2 Å². The van der Waals surface area contributed by atoms with Gasteiger partial charge in [0, 0.05) is 24.2 Å². The van der Waals surface area contributed by atoms with Gasteiger partial charge in [-0.3, -0.25) is 0 Å². The highest BCUT2D eigenvalue weighted by Crippen LogP contribution is 2.32. The summed E-state index contributed by atoms with van der Waals surface area (Å²) in [7, 11) is 1.59. The molecular weight excluding hydrogens is 352 g/mol. The Bertz CT molecular complexity index is 680. The number of halogens is 3. The second-order valence-electron chi connectivity index (χ2n) is 4.89. The van der Waals surface area contributed by atoms with Crippen LogP contribution in [0.5, 0.6) is 11.5 Å². The van der Waals surface area contributed by atoms with Crippen LogP contribution in [0.2, 0.25) is 5.02 Å². The minimum Gasteiger partial charge on any atom is -0.493 e. The van der Waals surface area contributed by atoms with Crippen LogP contribution in [0.15, 0.2) is 49.1 Å². The lowest BCUT2D eigenvalue weighted by Crippen LogP contribution is -2.14. The fourth-order valence-corrected chi connectivity index (χ4v) is 2.34. The summed E-state index contributed by atoms with van der Waals surface area (Å²) in [6, 6.07) is 9.94. The van der Waals surface area contributed by atoms with Crippen LogP contribution in [0, 0.1) is 5.82 Å². The summed E-state index contributed by atoms with van der Waals surface area (Å²) in [6.45, 7) is 5.22. The molecular formula is C18H20Cl2FNO2. The summed E-state index contributed by atoms with van der Waals surface area (Å²) in [6.07, 6.45) is 1.79. The molecule has 0 amide bonds. The number of hydrogen-bond donors (Lipinski definition) is 1. The second kappa shape index (κ2) is 10.2. The fourth-order valence-electron chi connectivity index (χ4n) is 2.12. The Morgan fingerprint density at radius 3 is 2.71 bits per heavy atom. The Balaban J connectivity index is 0.00000288. The second-order valence-corrected chi connectivity index (χ2v) is 5.30. The predicted octanol–water partition coefficient (Wildman–Crippen LogP) is 4.76. The first kappa shape index (κ1) is 20.3. The molecule has 0 bridgehead atoms. The first-order chi connectivity index (χ1) is 11.2. The lowest BCUT2D eigenvalue weighted by atomic mass is 10.1. The van der Waals surface area contributed by atoms with Crippen molar-refractivity contribution in [2.75, 3.05) is 13.7 Å². The molecule has 1 N–H and O–H groups in total. The van der Waals surface area contributed by atoms with Gasteiger partial charge in [-0.1, -0.05) is 35.9 Å². The van der Waals surface area contributed by atoms with Crippen molar-refractivity contribution in [2.24, 2.45) is 0 Å². The molecule has 2 aromatic carbocycles. The first-order valence-electron chi connectivity index (χ1n) is 7.20. The largest absolute Gasteiger partial charge is 0.493 e. The summed E-state index contributed by atoms with van der Waals surface area (Å²) in [4.78, 5) is 0. The van der Waals surface area contributed by atoms with Gasteiger partial charge in [0.05, 0.1) is 12.1 Å². The van der Waals surface area contributed by atoms with Crippen LogP contribution in [0.3, 0.4) is 0 Å². The van der Waals surface area contributed by atoms with Gasteiger partial charge in [0.2, 0.25) is 0 Å². The van der Waals surface area contributed by atoms with Crippen LogP contribution >= 0.6 is 24.0 Å². The number of nitrogens with one attached hydrogen (secondary N) is 1. The zero-order valence-corrected chi connectivity index (χ0v) is 14.9. The third-order valence-electron chi connectivity index (χ3n) is 3.27. The maximum absolute atomic E-state index is 13.1. The minimum absolute atomic E-state index is 0. The van der Waals surface area contributed by atoms with E-state index in [2.05, 4.69) is 11.9 Å². The topological polar surface area (TPSA) is 30.5 Å². The van der Waals surface area contributed by atoms with Gasteiger partial charge in [-0.05, 0) is 18.2 Å². The Labute approximate surface area is 152 Å². The van der Waals surface area contributed by atoms with Gasteiger partial charge >= 0.3 is 0 Å². The SMILES string of the molecule is C=CCNCc1cccc(OC)c1OCc1ccc(F)cc1Cl.Cl. The van der Waals surface area contributed by atoms with Crippen LogP contribution in [-0.4, -0.2) is 13.7 Å². The van der Waals surface area contributed by atoms with Gasteiger partial charge < -0.3 is 14.8 Å². The van der Waals surface area contributed by atoms with E-state index < -0.39 is 0 Å². The van der Waals surface area contributed by atoms with Gasteiger partial charge in [0.15, 0.2) is 11.5 Å². The first-order valence-corrected chi connectivity index (χ1v) is 7.57. The third-order valence-corrected chi connectivity index (χ3v) is 3.62. The van der Waals surface area contributed by atoms with Gasteiger partial charge in [-0.25, -0.2) is 4.39 Å². The lowest BCUT2D eigenvalue weighted by molar-refractivity contribution is 0.280. The molecule has 2 aromatic rings. The molecule has 0 saturated heterocycles. The van der Waals surface area contributed by atoms with Crippen molar-refractivity contribution in [3.8, 4) is 11.5 Å². The summed E-state index contributed by atoms with van der Waals surface area (Å²) < 4.78 is 24.4. The van der Waals surface area contributed by atoms with Crippen LogP contribution in [0.25, 0.3) is 0 Å². The van der Waals surface area contributed by atoms with Crippen LogP contribution < -0.4 is 14.8 Å². The van der Waals surface area contributed by atoms with E-state index in [0.717, 1.165) is 5.56 Å². The van der Waals surface area contributed by atoms with Gasteiger partial charge in [0.25, 0.3) is 0 Å². The quantitative estimate of drug-likeness (QED) is 0.535. The molecule has 0 aliphatic heterocycles. The maximum Gasteiger partial charge on any atom is 0.166 e. The van der Waals surface area contributed by atoms with Gasteiger partial charge in [0.1, 0.15) is 12.4 Å². The zero-order valence-electron chi connectivity index (χ0n) is 13.4. The summed E-state index contributed by atoms with van der Waals surface area (Å²) in [5.41, 5.74) is 1.67. The summed E-state index contributed by atoms with van der Waals surface area (Å²) in [5.74, 6) is 0.915. The molecule has 6 heteroatoms. The smallest absolute Gasteiger partial charge is 0.166 e. The Morgan fingerprint density at radius 2 is 2.04 bits per heavy atom. The number of para-hydroxylation sites is 1. The zero-order chi connectivity index (χ0) is 16.7. The Hall–Kier alpha value is -1.75. The van der Waals surface area contributed by atoms with E-state index in [1.54, 1.807) is 19.3 Å². The number of benzene rings is 2. The molecule has 0 atom stereocenters. The Kier molecular flexibility index (Phi) is 8.61. The molecule has 0 radical (unpaired) electrons. The molecule has 0 spiro atoms. The van der Waals surface area contributed by atoms with E-state index in [1.165, 1.54) is 12.1 Å².